The van der Waals surface area contributed by atoms with Crippen LogP contribution in [0.2, 0.25) is 0 Å². The van der Waals surface area contributed by atoms with Crippen LogP contribution >= 0.6 is 0 Å². The third-order valence-corrected chi connectivity index (χ3v) is 6.46. The lowest BCUT2D eigenvalue weighted by Gasteiger charge is -2.43. The van der Waals surface area contributed by atoms with Gasteiger partial charge in [-0.25, -0.2) is 17.9 Å². The Morgan fingerprint density at radius 2 is 1.86 bits per heavy atom. The smallest absolute Gasteiger partial charge is 0.194 e. The first-order valence-electron chi connectivity index (χ1n) is 11.3. The number of halogens is 3. The molecule has 6 atom stereocenters. The standard InChI is InChI=1S/C23H29F3N4O5/c1-23(2,3)18-8-12(28-35-18)7-16-22(33-4)20(21(32)17(10-31)34-16)30-9-15(27-29-30)11-5-13(24)19(26)14(25)6-11/h5-6,9,16-18,20-22,31-32H,7-8,10H2,1-4H3/t16-,17-,18?,20+,21+,22+/m1/s1. The molecule has 0 aliphatic carbocycles. The number of aliphatic hydroxyl groups is 2. The number of hydrogen-bond acceptors (Lipinski definition) is 8. The van der Waals surface area contributed by atoms with Gasteiger partial charge in [0.2, 0.25) is 0 Å². The van der Waals surface area contributed by atoms with Gasteiger partial charge in [0.15, 0.2) is 17.5 Å². The molecule has 2 aromatic rings. The molecule has 4 rings (SSSR count). The van der Waals surface area contributed by atoms with E-state index >= 15 is 0 Å². The predicted octanol–water partition coefficient (Wildman–Crippen LogP) is 2.62. The summed E-state index contributed by atoms with van der Waals surface area (Å²) in [4.78, 5) is 5.58. The fourth-order valence-electron chi connectivity index (χ4n) is 4.43. The van der Waals surface area contributed by atoms with Gasteiger partial charge in [0.05, 0.1) is 24.6 Å². The number of methoxy groups -OCH3 is 1. The number of nitrogens with zero attached hydrogens (tertiary/aromatic N) is 4. The highest BCUT2D eigenvalue weighted by molar-refractivity contribution is 5.86. The zero-order valence-corrected chi connectivity index (χ0v) is 19.9. The summed E-state index contributed by atoms with van der Waals surface area (Å²) in [6, 6.07) is 0.766. The van der Waals surface area contributed by atoms with Crippen molar-refractivity contribution in [3.05, 3.63) is 35.8 Å². The van der Waals surface area contributed by atoms with E-state index in [1.165, 1.54) is 18.0 Å². The quantitative estimate of drug-likeness (QED) is 0.589. The molecule has 3 heterocycles. The van der Waals surface area contributed by atoms with Crippen LogP contribution in [0.4, 0.5) is 13.2 Å². The second-order valence-corrected chi connectivity index (χ2v) is 9.94. The third kappa shape index (κ3) is 5.06. The van der Waals surface area contributed by atoms with E-state index < -0.39 is 54.5 Å². The fourth-order valence-corrected chi connectivity index (χ4v) is 4.43. The van der Waals surface area contributed by atoms with Crippen LogP contribution in [0.1, 0.15) is 39.7 Å². The molecule has 0 radical (unpaired) electrons. The summed E-state index contributed by atoms with van der Waals surface area (Å²) in [6.07, 6.45) is -1.32. The molecule has 0 spiro atoms. The predicted molar refractivity (Wildman–Crippen MR) is 118 cm³/mol. The van der Waals surface area contributed by atoms with Crippen molar-refractivity contribution in [1.82, 2.24) is 15.0 Å². The van der Waals surface area contributed by atoms with Crippen molar-refractivity contribution in [2.75, 3.05) is 13.7 Å². The minimum Gasteiger partial charge on any atom is -0.394 e. The van der Waals surface area contributed by atoms with Gasteiger partial charge in [0, 0.05) is 30.9 Å². The molecule has 2 N–H and O–H groups in total. The van der Waals surface area contributed by atoms with E-state index in [1.807, 2.05) is 0 Å². The van der Waals surface area contributed by atoms with Crippen LogP contribution in [0.25, 0.3) is 11.3 Å². The van der Waals surface area contributed by atoms with Crippen LogP contribution < -0.4 is 0 Å². The van der Waals surface area contributed by atoms with Crippen molar-refractivity contribution in [2.24, 2.45) is 10.6 Å². The summed E-state index contributed by atoms with van der Waals surface area (Å²) in [5.74, 6) is -4.30. The van der Waals surface area contributed by atoms with Gasteiger partial charge in [0.25, 0.3) is 0 Å². The maximum absolute atomic E-state index is 13.7. The fraction of sp³-hybridized carbons (Fsp3) is 0.609. The number of rotatable bonds is 6. The molecule has 1 aromatic carbocycles. The third-order valence-electron chi connectivity index (χ3n) is 6.46. The molecule has 1 aromatic heterocycles. The maximum Gasteiger partial charge on any atom is 0.194 e. The van der Waals surface area contributed by atoms with Crippen LogP contribution in [0.5, 0.6) is 0 Å². The van der Waals surface area contributed by atoms with E-state index in [2.05, 4.69) is 36.2 Å². The average Bonchev–Trinajstić information content (AvgIpc) is 3.47. The van der Waals surface area contributed by atoms with Gasteiger partial charge < -0.3 is 24.5 Å². The molecule has 192 valence electrons. The van der Waals surface area contributed by atoms with Crippen molar-refractivity contribution in [1.29, 1.82) is 0 Å². The van der Waals surface area contributed by atoms with Gasteiger partial charge in [0.1, 0.15) is 36.2 Å². The van der Waals surface area contributed by atoms with Crippen molar-refractivity contribution in [3.8, 4) is 11.3 Å². The molecule has 2 aliphatic heterocycles. The Hall–Kier alpha value is -2.54. The minimum atomic E-state index is -1.58. The van der Waals surface area contributed by atoms with E-state index in [4.69, 9.17) is 14.3 Å². The van der Waals surface area contributed by atoms with Gasteiger partial charge in [-0.2, -0.15) is 0 Å². The summed E-state index contributed by atoms with van der Waals surface area (Å²) >= 11 is 0. The van der Waals surface area contributed by atoms with Crippen LogP contribution in [0.3, 0.4) is 0 Å². The maximum atomic E-state index is 13.7. The van der Waals surface area contributed by atoms with Crippen LogP contribution in [-0.4, -0.2) is 75.2 Å². The lowest BCUT2D eigenvalue weighted by molar-refractivity contribution is -0.210. The molecule has 0 bridgehead atoms. The zero-order chi connectivity index (χ0) is 25.5. The van der Waals surface area contributed by atoms with Gasteiger partial charge in [-0.05, 0) is 12.1 Å². The molecule has 12 heteroatoms. The Morgan fingerprint density at radius 3 is 2.43 bits per heavy atom. The largest absolute Gasteiger partial charge is 0.394 e. The summed E-state index contributed by atoms with van der Waals surface area (Å²) < 4.78 is 53.7. The highest BCUT2D eigenvalue weighted by atomic mass is 19.2. The van der Waals surface area contributed by atoms with Gasteiger partial charge in [-0.15, -0.1) is 5.10 Å². The number of benzene rings is 1. The molecular weight excluding hydrogens is 469 g/mol. The molecule has 1 saturated heterocycles. The summed E-state index contributed by atoms with van der Waals surface area (Å²) in [5, 5.41) is 32.9. The first-order chi connectivity index (χ1) is 16.5. The van der Waals surface area contributed by atoms with Crippen LogP contribution in [0.15, 0.2) is 23.5 Å². The number of aromatic nitrogens is 3. The van der Waals surface area contributed by atoms with Crippen molar-refractivity contribution < 1.29 is 37.7 Å². The Morgan fingerprint density at radius 1 is 1.17 bits per heavy atom. The second kappa shape index (κ2) is 9.84. The van der Waals surface area contributed by atoms with Gasteiger partial charge in [-0.1, -0.05) is 31.1 Å². The lowest BCUT2D eigenvalue weighted by atomic mass is 9.84. The lowest BCUT2D eigenvalue weighted by Crippen LogP contribution is -2.57. The summed E-state index contributed by atoms with van der Waals surface area (Å²) in [7, 11) is 1.45. The van der Waals surface area contributed by atoms with Gasteiger partial charge >= 0.3 is 0 Å². The second-order valence-electron chi connectivity index (χ2n) is 9.94. The minimum absolute atomic E-state index is 0.0240. The van der Waals surface area contributed by atoms with Gasteiger partial charge in [-0.3, -0.25) is 0 Å². The first kappa shape index (κ1) is 25.5. The Labute approximate surface area is 200 Å². The average molecular weight is 499 g/mol. The van der Waals surface area contributed by atoms with E-state index in [9.17, 15) is 23.4 Å². The summed E-state index contributed by atoms with van der Waals surface area (Å²) in [6.45, 7) is 5.70. The van der Waals surface area contributed by atoms with Crippen LogP contribution in [-0.2, 0) is 14.3 Å². The molecule has 0 amide bonds. The van der Waals surface area contributed by atoms with E-state index in [0.717, 1.165) is 17.8 Å². The SMILES string of the molecule is CO[C@@H]1[C@@H](n2cc(-c3cc(F)c(F)c(F)c3)nn2)[C@@H](O)[C@@H](CO)O[C@@H]1CC1=NOC(C(C)(C)C)C1. The number of aliphatic hydroxyl groups excluding tert-OH is 2. The first-order valence-corrected chi connectivity index (χ1v) is 11.3. The highest BCUT2D eigenvalue weighted by Gasteiger charge is 2.48. The molecule has 0 saturated carbocycles. The van der Waals surface area contributed by atoms with E-state index in [-0.39, 0.29) is 22.8 Å². The molecule has 9 nitrogen and oxygen atoms in total. The number of oxime groups is 1. The Kier molecular flexibility index (Phi) is 7.18. The highest BCUT2D eigenvalue weighted by Crippen LogP contribution is 2.36. The zero-order valence-electron chi connectivity index (χ0n) is 19.9. The number of hydrogen-bond donors (Lipinski definition) is 2. The van der Waals surface area contributed by atoms with Crippen molar-refractivity contribution in [2.45, 2.75) is 70.2 Å². The van der Waals surface area contributed by atoms with E-state index in [0.29, 0.717) is 12.8 Å². The molecular formula is C23H29F3N4O5. The monoisotopic (exact) mass is 498 g/mol. The topological polar surface area (TPSA) is 111 Å². The molecule has 1 unspecified atom stereocenters. The normalized spacial score (nSPS) is 29.2. The van der Waals surface area contributed by atoms with Crippen LogP contribution in [0, 0.1) is 22.9 Å². The number of ether oxygens (including phenoxy) is 2. The summed E-state index contributed by atoms with van der Waals surface area (Å²) in [5.41, 5.74) is 0.696. The van der Waals surface area contributed by atoms with Crippen molar-refractivity contribution >= 4 is 5.71 Å². The Balaban J connectivity index is 1.60. The molecule has 35 heavy (non-hydrogen) atoms. The Bertz CT molecular complexity index is 1070. The van der Waals surface area contributed by atoms with E-state index in [1.54, 1.807) is 0 Å². The molecule has 1 fully saturated rings. The molecule has 2 aliphatic rings. The van der Waals surface area contributed by atoms with Crippen molar-refractivity contribution in [3.63, 3.8) is 0 Å².